The molecule has 2 aromatic rings. The predicted molar refractivity (Wildman–Crippen MR) is 210 cm³/mol. The second-order valence-electron chi connectivity index (χ2n) is 17.4. The molecule has 0 radical (unpaired) electrons. The average molecular weight is 900 g/mol. The maximum atomic E-state index is 15.9. The molecule has 8 atom stereocenters. The largest absolute Gasteiger partial charge is 0.494 e. The van der Waals surface area contributed by atoms with Gasteiger partial charge in [0, 0.05) is 30.5 Å². The van der Waals surface area contributed by atoms with Crippen molar-refractivity contribution in [1.29, 1.82) is 0 Å². The van der Waals surface area contributed by atoms with Crippen molar-refractivity contribution >= 4 is 44.6 Å². The summed E-state index contributed by atoms with van der Waals surface area (Å²) in [6.45, 7) is 0.973. The molecule has 4 fully saturated rings. The van der Waals surface area contributed by atoms with E-state index in [1.165, 1.54) is 19.2 Å². The summed E-state index contributed by atoms with van der Waals surface area (Å²) in [5.41, 5.74) is -5.48. The van der Waals surface area contributed by atoms with E-state index >= 15 is 22.4 Å². The molecule has 2 aliphatic carbocycles. The van der Waals surface area contributed by atoms with Crippen LogP contribution in [-0.4, -0.2) is 119 Å². The molecule has 4 heterocycles. The Morgan fingerprint density at radius 2 is 1.89 bits per heavy atom. The number of carbonyl (C=O) groups is 4. The number of rotatable bonds is 9. The standard InChI is InChI=1S/C41H50F5N5O10S/c1-23-8-4-5-9-26-19-40(26,36(54)49-62(57,58)38(21-42)12-13-38)48-33(52)29-20-39(41(44,45)46,61-34-27-18-28(43)30(59-3)17-25(27)11-14-47-34)22-50(29)35(53)32(24(2)16-23)51(37(55)56)31-10-6-7-15-60-31/h5,9,11,14,17-18,23-24,26,29,31-32H,4,6-8,10,12-13,15-16,19-22H2,1-3H3,(H,48,52)(H,49,54)(H,55,56)/b9-5-/t23-,24+,26+,29-,31?,32-,39+,40+/m0/s1. The highest BCUT2D eigenvalue weighted by atomic mass is 32.2. The van der Waals surface area contributed by atoms with Crippen LogP contribution in [0, 0.1) is 23.6 Å². The van der Waals surface area contributed by atoms with Crippen molar-refractivity contribution in [3.05, 3.63) is 42.4 Å². The number of pyridine rings is 1. The number of hydrogen-bond donors (Lipinski definition) is 3. The molecule has 15 nitrogen and oxygen atoms in total. The van der Waals surface area contributed by atoms with Crippen LogP contribution in [0.3, 0.4) is 0 Å². The number of benzene rings is 1. The van der Waals surface area contributed by atoms with Gasteiger partial charge in [0.25, 0.3) is 5.91 Å². The summed E-state index contributed by atoms with van der Waals surface area (Å²) >= 11 is 0. The van der Waals surface area contributed by atoms with Crippen LogP contribution in [0.15, 0.2) is 36.5 Å². The Bertz CT molecular complexity index is 2240. The number of hydrogen-bond acceptors (Lipinski definition) is 10. The second kappa shape index (κ2) is 16.7. The fourth-order valence-corrected chi connectivity index (χ4v) is 10.6. The van der Waals surface area contributed by atoms with Gasteiger partial charge in [-0.05, 0) is 93.2 Å². The molecule has 1 aromatic heterocycles. The van der Waals surface area contributed by atoms with Gasteiger partial charge in [0.05, 0.1) is 13.7 Å². The highest BCUT2D eigenvalue weighted by Crippen LogP contribution is 2.50. The number of halogens is 5. The Morgan fingerprint density at radius 1 is 1.15 bits per heavy atom. The molecule has 5 aliphatic rings. The van der Waals surface area contributed by atoms with Gasteiger partial charge in [0.15, 0.2) is 11.6 Å². The van der Waals surface area contributed by atoms with Gasteiger partial charge in [0.2, 0.25) is 33.3 Å². The monoisotopic (exact) mass is 899 g/mol. The first-order valence-corrected chi connectivity index (χ1v) is 22.1. The van der Waals surface area contributed by atoms with Gasteiger partial charge in [-0.15, -0.1) is 0 Å². The van der Waals surface area contributed by atoms with Crippen molar-refractivity contribution in [2.75, 3.05) is 26.9 Å². The van der Waals surface area contributed by atoms with Gasteiger partial charge < -0.3 is 29.5 Å². The predicted octanol–water partition coefficient (Wildman–Crippen LogP) is 5.37. The Morgan fingerprint density at radius 3 is 2.52 bits per heavy atom. The maximum Gasteiger partial charge on any atom is 0.430 e. The molecule has 1 aromatic carbocycles. The molecule has 1 unspecified atom stereocenters. The van der Waals surface area contributed by atoms with Crippen LogP contribution >= 0.6 is 0 Å². The first kappa shape index (κ1) is 45.2. The first-order valence-electron chi connectivity index (χ1n) is 20.6. The third-order valence-corrected chi connectivity index (χ3v) is 15.2. The van der Waals surface area contributed by atoms with Crippen LogP contribution in [0.25, 0.3) is 10.8 Å². The number of nitrogens with one attached hydrogen (secondary N) is 2. The molecule has 3 N–H and O–H groups in total. The minimum Gasteiger partial charge on any atom is -0.494 e. The number of nitrogens with zero attached hydrogens (tertiary/aromatic N) is 3. The molecular weight excluding hydrogens is 850 g/mol. The Labute approximate surface area is 354 Å². The summed E-state index contributed by atoms with van der Waals surface area (Å²) in [6.07, 6.45) is -2.80. The maximum absolute atomic E-state index is 15.9. The number of aromatic nitrogens is 1. The lowest BCUT2D eigenvalue weighted by atomic mass is 9.86. The topological polar surface area (TPSA) is 194 Å². The number of sulfonamides is 1. The number of fused-ring (bicyclic) bond motifs is 3. The van der Waals surface area contributed by atoms with E-state index in [-0.39, 0.29) is 61.2 Å². The number of amides is 4. The molecule has 21 heteroatoms. The highest BCUT2D eigenvalue weighted by molar-refractivity contribution is 7.91. The third-order valence-electron chi connectivity index (χ3n) is 13.1. The van der Waals surface area contributed by atoms with E-state index < -0.39 is 117 Å². The van der Waals surface area contributed by atoms with E-state index in [0.29, 0.717) is 30.6 Å². The Kier molecular flexibility index (Phi) is 12.2. The lowest BCUT2D eigenvalue weighted by Gasteiger charge is -2.42. The summed E-state index contributed by atoms with van der Waals surface area (Å²) in [7, 11) is -3.42. The third kappa shape index (κ3) is 8.25. The number of carbonyl (C=O) groups excluding carboxylic acids is 3. The molecule has 3 aliphatic heterocycles. The van der Waals surface area contributed by atoms with Gasteiger partial charge >= 0.3 is 12.3 Å². The van der Waals surface area contributed by atoms with Crippen LogP contribution in [0.2, 0.25) is 0 Å². The van der Waals surface area contributed by atoms with E-state index in [9.17, 15) is 32.3 Å². The number of methoxy groups -OCH3 is 1. The second-order valence-corrected chi connectivity index (χ2v) is 19.5. The lowest BCUT2D eigenvalue weighted by molar-refractivity contribution is -0.243. The minimum absolute atomic E-state index is 0.0593. The molecule has 4 amide bonds. The molecule has 2 saturated heterocycles. The van der Waals surface area contributed by atoms with E-state index in [4.69, 9.17) is 14.2 Å². The fourth-order valence-electron chi connectivity index (χ4n) is 9.16. The zero-order chi connectivity index (χ0) is 45.0. The number of alkyl halides is 4. The molecule has 7 rings (SSSR count). The lowest BCUT2D eigenvalue weighted by Crippen LogP contribution is -2.62. The van der Waals surface area contributed by atoms with Crippen molar-refractivity contribution in [3.63, 3.8) is 0 Å². The molecule has 340 valence electrons. The van der Waals surface area contributed by atoms with Crippen LogP contribution in [0.1, 0.15) is 78.1 Å². The van der Waals surface area contributed by atoms with Crippen molar-refractivity contribution < 1.29 is 68.9 Å². The molecule has 62 heavy (non-hydrogen) atoms. The summed E-state index contributed by atoms with van der Waals surface area (Å²) in [5.74, 6) is -7.42. The van der Waals surface area contributed by atoms with Crippen LogP contribution < -0.4 is 19.5 Å². The Hall–Kier alpha value is -4.79. The minimum atomic E-state index is -5.39. The van der Waals surface area contributed by atoms with Gasteiger partial charge in [-0.2, -0.15) is 13.2 Å². The summed E-state index contributed by atoms with van der Waals surface area (Å²) in [4.78, 5) is 62.5. The van der Waals surface area contributed by atoms with Crippen molar-refractivity contribution in [2.45, 2.75) is 118 Å². The van der Waals surface area contributed by atoms with Crippen molar-refractivity contribution in [3.8, 4) is 11.6 Å². The molecular formula is C41H50F5N5O10S. The van der Waals surface area contributed by atoms with Gasteiger partial charge in [0.1, 0.15) is 35.3 Å². The van der Waals surface area contributed by atoms with Crippen LogP contribution in [0.5, 0.6) is 11.6 Å². The zero-order valence-electron chi connectivity index (χ0n) is 34.4. The molecule has 0 bridgehead atoms. The molecule has 0 spiro atoms. The number of ether oxygens (including phenoxy) is 3. The van der Waals surface area contributed by atoms with E-state index in [1.54, 1.807) is 19.1 Å². The van der Waals surface area contributed by atoms with Crippen LogP contribution in [0.4, 0.5) is 26.7 Å². The van der Waals surface area contributed by atoms with Crippen molar-refractivity contribution in [1.82, 2.24) is 24.8 Å². The zero-order valence-corrected chi connectivity index (χ0v) is 35.2. The number of allylic oxidation sites excluding steroid dienone is 1. The van der Waals surface area contributed by atoms with E-state index in [1.807, 2.05) is 11.6 Å². The SMILES string of the molecule is COc1cc2ccnc(O[C@]3(C(F)(F)F)C[C@H]4C(=O)N[C@]5(C(=O)NS(=O)(=O)C6(CF)CC6)C[C@H]5/C=C\CC[C@H](C)C[C@@H](C)[C@H](N(C(=O)O)C5CCCCO5)C(=O)N4C3)c2cc1F. The summed E-state index contributed by atoms with van der Waals surface area (Å²) in [6, 6.07) is -0.318. The van der Waals surface area contributed by atoms with E-state index in [0.717, 1.165) is 17.2 Å². The van der Waals surface area contributed by atoms with E-state index in [2.05, 4.69) is 10.3 Å². The fraction of sp³-hybridized carbons (Fsp3) is 0.634. The van der Waals surface area contributed by atoms with Crippen LogP contribution in [-0.2, 0) is 29.1 Å². The highest BCUT2D eigenvalue weighted by Gasteiger charge is 2.68. The quantitative estimate of drug-likeness (QED) is 0.216. The summed E-state index contributed by atoms with van der Waals surface area (Å²) in [5, 5.41) is 13.2. The van der Waals surface area contributed by atoms with Crippen molar-refractivity contribution in [2.24, 2.45) is 17.8 Å². The van der Waals surface area contributed by atoms with Gasteiger partial charge in [-0.3, -0.25) is 24.0 Å². The Balaban J connectivity index is 1.35. The smallest absolute Gasteiger partial charge is 0.430 e. The van der Waals surface area contributed by atoms with Gasteiger partial charge in [-0.25, -0.2) is 27.0 Å². The normalized spacial score (nSPS) is 32.0. The molecule has 2 saturated carbocycles. The first-order chi connectivity index (χ1) is 29.2. The van der Waals surface area contributed by atoms with Gasteiger partial charge in [-0.1, -0.05) is 26.0 Å². The number of carboxylic acid groups (broad SMARTS) is 1. The average Bonchev–Trinajstić information content (AvgIpc) is 4.12. The summed E-state index contributed by atoms with van der Waals surface area (Å²) < 4.78 is 120.